The third-order valence-corrected chi connectivity index (χ3v) is 2.38. The van der Waals surface area contributed by atoms with Crippen molar-refractivity contribution in [3.05, 3.63) is 36.5 Å². The second-order valence-corrected chi connectivity index (χ2v) is 4.49. The summed E-state index contributed by atoms with van der Waals surface area (Å²) in [4.78, 5) is 16.7. The average Bonchev–Trinajstić information content (AvgIpc) is 2.40. The molecule has 2 aromatic rings. The van der Waals surface area contributed by atoms with E-state index in [1.807, 2.05) is 6.07 Å². The zero-order valence-electron chi connectivity index (χ0n) is 10.7. The van der Waals surface area contributed by atoms with E-state index >= 15 is 0 Å². The highest BCUT2D eigenvalue weighted by Crippen LogP contribution is 2.09. The maximum Gasteiger partial charge on any atom is 0.178 e. The highest BCUT2D eigenvalue weighted by atomic mass is 15.0. The zero-order valence-corrected chi connectivity index (χ0v) is 10.7. The van der Waals surface area contributed by atoms with Gasteiger partial charge in [-0.25, -0.2) is 19.9 Å². The van der Waals surface area contributed by atoms with E-state index in [-0.39, 0.29) is 0 Å². The van der Waals surface area contributed by atoms with Crippen molar-refractivity contribution in [2.75, 3.05) is 6.54 Å². The fraction of sp³-hybridized carbons (Fsp3) is 0.385. The molecule has 2 rings (SSSR count). The van der Waals surface area contributed by atoms with Crippen molar-refractivity contribution < 1.29 is 0 Å². The summed E-state index contributed by atoms with van der Waals surface area (Å²) in [6, 6.07) is 3.72. The minimum Gasteiger partial charge on any atom is -0.311 e. The van der Waals surface area contributed by atoms with Gasteiger partial charge in [0.2, 0.25) is 0 Å². The van der Waals surface area contributed by atoms with Crippen LogP contribution in [0.1, 0.15) is 19.5 Å². The topological polar surface area (TPSA) is 63.6 Å². The smallest absolute Gasteiger partial charge is 0.178 e. The summed E-state index contributed by atoms with van der Waals surface area (Å²) in [6.07, 6.45) is 4.95. The highest BCUT2D eigenvalue weighted by molar-refractivity contribution is 5.47. The predicted octanol–water partition coefficient (Wildman–Crippen LogP) is 1.68. The van der Waals surface area contributed by atoms with E-state index in [1.54, 1.807) is 18.5 Å². The van der Waals surface area contributed by atoms with Crippen LogP contribution in [0.2, 0.25) is 0 Å². The number of aromatic nitrogens is 4. The summed E-state index contributed by atoms with van der Waals surface area (Å²) < 4.78 is 0. The number of nitrogens with one attached hydrogen (secondary N) is 1. The Morgan fingerprint density at radius 1 is 1.17 bits per heavy atom. The SMILES string of the molecule is CC(C)CNCc1ccnc(-c2ccncn2)n1. The Labute approximate surface area is 107 Å². The Balaban J connectivity index is 2.06. The molecule has 0 radical (unpaired) electrons. The number of rotatable bonds is 5. The minimum absolute atomic E-state index is 0.633. The molecule has 2 aromatic heterocycles. The molecule has 1 N–H and O–H groups in total. The standard InChI is InChI=1S/C13H17N5/c1-10(2)7-15-8-11-3-6-16-13(18-11)12-4-5-14-9-17-12/h3-6,9-10,15H,7-8H2,1-2H3. The molecular weight excluding hydrogens is 226 g/mol. The van der Waals surface area contributed by atoms with Crippen LogP contribution in [0.3, 0.4) is 0 Å². The Morgan fingerprint density at radius 3 is 2.78 bits per heavy atom. The average molecular weight is 243 g/mol. The van der Waals surface area contributed by atoms with E-state index in [2.05, 4.69) is 39.1 Å². The van der Waals surface area contributed by atoms with Crippen LogP contribution in [-0.2, 0) is 6.54 Å². The summed E-state index contributed by atoms with van der Waals surface area (Å²) in [5.41, 5.74) is 1.72. The Morgan fingerprint density at radius 2 is 2.06 bits per heavy atom. The zero-order chi connectivity index (χ0) is 12.8. The number of nitrogens with zero attached hydrogens (tertiary/aromatic N) is 4. The quantitative estimate of drug-likeness (QED) is 0.865. The second-order valence-electron chi connectivity index (χ2n) is 4.49. The van der Waals surface area contributed by atoms with E-state index < -0.39 is 0 Å². The van der Waals surface area contributed by atoms with Crippen LogP contribution in [0.25, 0.3) is 11.5 Å². The summed E-state index contributed by atoms with van der Waals surface area (Å²) >= 11 is 0. The highest BCUT2D eigenvalue weighted by Gasteiger charge is 2.03. The fourth-order valence-electron chi connectivity index (χ4n) is 1.53. The van der Waals surface area contributed by atoms with Gasteiger partial charge in [0.15, 0.2) is 5.82 Å². The molecule has 0 unspecified atom stereocenters. The van der Waals surface area contributed by atoms with Crippen molar-refractivity contribution in [3.63, 3.8) is 0 Å². The van der Waals surface area contributed by atoms with Crippen LogP contribution in [0.5, 0.6) is 0 Å². The summed E-state index contributed by atoms with van der Waals surface area (Å²) in [6.45, 7) is 6.09. The molecule has 18 heavy (non-hydrogen) atoms. The van der Waals surface area contributed by atoms with Gasteiger partial charge >= 0.3 is 0 Å². The lowest BCUT2D eigenvalue weighted by Gasteiger charge is -2.07. The molecule has 0 saturated heterocycles. The van der Waals surface area contributed by atoms with E-state index in [4.69, 9.17) is 0 Å². The first-order valence-electron chi connectivity index (χ1n) is 6.04. The lowest BCUT2D eigenvalue weighted by molar-refractivity contribution is 0.548. The van der Waals surface area contributed by atoms with Crippen molar-refractivity contribution in [1.29, 1.82) is 0 Å². The second kappa shape index (κ2) is 6.16. The summed E-state index contributed by atoms with van der Waals surface area (Å²) in [7, 11) is 0. The lowest BCUT2D eigenvalue weighted by Crippen LogP contribution is -2.19. The predicted molar refractivity (Wildman–Crippen MR) is 69.6 cm³/mol. The van der Waals surface area contributed by atoms with E-state index in [0.717, 1.165) is 24.5 Å². The first kappa shape index (κ1) is 12.6. The number of hydrogen-bond acceptors (Lipinski definition) is 5. The van der Waals surface area contributed by atoms with Gasteiger partial charge in [-0.15, -0.1) is 0 Å². The van der Waals surface area contributed by atoms with Gasteiger partial charge < -0.3 is 5.32 Å². The largest absolute Gasteiger partial charge is 0.311 e. The Hall–Kier alpha value is -1.88. The fourth-order valence-corrected chi connectivity index (χ4v) is 1.53. The van der Waals surface area contributed by atoms with Gasteiger partial charge in [0.1, 0.15) is 12.0 Å². The third kappa shape index (κ3) is 3.56. The van der Waals surface area contributed by atoms with Crippen LogP contribution in [0.4, 0.5) is 0 Å². The maximum absolute atomic E-state index is 4.48. The molecule has 5 heteroatoms. The van der Waals surface area contributed by atoms with Crippen molar-refractivity contribution >= 4 is 0 Å². The molecule has 0 bridgehead atoms. The van der Waals surface area contributed by atoms with Gasteiger partial charge in [0.25, 0.3) is 0 Å². The normalized spacial score (nSPS) is 10.8. The monoisotopic (exact) mass is 243 g/mol. The molecule has 94 valence electrons. The van der Waals surface area contributed by atoms with E-state index in [1.165, 1.54) is 6.33 Å². The molecule has 0 aliphatic heterocycles. The molecular formula is C13H17N5. The Bertz CT molecular complexity index is 484. The van der Waals surface area contributed by atoms with E-state index in [0.29, 0.717) is 11.7 Å². The summed E-state index contributed by atoms with van der Waals surface area (Å²) in [5, 5.41) is 3.36. The molecule has 0 amide bonds. The van der Waals surface area contributed by atoms with Crippen LogP contribution < -0.4 is 5.32 Å². The van der Waals surface area contributed by atoms with Gasteiger partial charge in [-0.1, -0.05) is 13.8 Å². The van der Waals surface area contributed by atoms with Crippen molar-refractivity contribution in [2.45, 2.75) is 20.4 Å². The van der Waals surface area contributed by atoms with E-state index in [9.17, 15) is 0 Å². The molecule has 0 saturated carbocycles. The van der Waals surface area contributed by atoms with Crippen LogP contribution >= 0.6 is 0 Å². The van der Waals surface area contributed by atoms with Gasteiger partial charge in [-0.3, -0.25) is 0 Å². The molecule has 0 aromatic carbocycles. The molecule has 0 spiro atoms. The van der Waals surface area contributed by atoms with Crippen LogP contribution in [0.15, 0.2) is 30.9 Å². The summed E-state index contributed by atoms with van der Waals surface area (Å²) in [5.74, 6) is 1.27. The van der Waals surface area contributed by atoms with Gasteiger partial charge in [-0.05, 0) is 24.6 Å². The van der Waals surface area contributed by atoms with Crippen LogP contribution in [0, 0.1) is 5.92 Å². The van der Waals surface area contributed by atoms with Gasteiger partial charge in [0.05, 0.1) is 5.69 Å². The van der Waals surface area contributed by atoms with Gasteiger partial charge in [-0.2, -0.15) is 0 Å². The first-order valence-corrected chi connectivity index (χ1v) is 6.04. The molecule has 5 nitrogen and oxygen atoms in total. The van der Waals surface area contributed by atoms with Crippen LogP contribution in [-0.4, -0.2) is 26.5 Å². The molecule has 0 atom stereocenters. The molecule has 0 fully saturated rings. The Kier molecular flexibility index (Phi) is 4.30. The molecule has 2 heterocycles. The number of hydrogen-bond donors (Lipinski definition) is 1. The minimum atomic E-state index is 0.633. The first-order chi connectivity index (χ1) is 8.75. The van der Waals surface area contributed by atoms with Crippen molar-refractivity contribution in [1.82, 2.24) is 25.3 Å². The van der Waals surface area contributed by atoms with Crippen molar-refractivity contribution in [3.8, 4) is 11.5 Å². The lowest BCUT2D eigenvalue weighted by atomic mass is 10.2. The van der Waals surface area contributed by atoms with Gasteiger partial charge in [0, 0.05) is 18.9 Å². The molecule has 0 aliphatic carbocycles. The van der Waals surface area contributed by atoms with Crippen molar-refractivity contribution in [2.24, 2.45) is 5.92 Å². The molecule has 0 aliphatic rings. The third-order valence-electron chi connectivity index (χ3n) is 2.38. The maximum atomic E-state index is 4.48.